The predicted octanol–water partition coefficient (Wildman–Crippen LogP) is 3.88. The third kappa shape index (κ3) is 4.71. The van der Waals surface area contributed by atoms with Crippen LogP contribution in [0.3, 0.4) is 0 Å². The number of hydrogen-bond donors (Lipinski definition) is 2. The molecule has 2 aromatic heterocycles. The number of rotatable bonds is 7. The molecule has 5 rings (SSSR count). The van der Waals surface area contributed by atoms with Crippen LogP contribution in [0.1, 0.15) is 22.2 Å². The normalized spacial score (nSPS) is 17.0. The second-order valence-electron chi connectivity index (χ2n) is 8.36. The Labute approximate surface area is 208 Å². The Balaban J connectivity index is 0.00000190. The van der Waals surface area contributed by atoms with E-state index in [4.69, 9.17) is 0 Å². The first-order chi connectivity index (χ1) is 16.8. The molecule has 12 heteroatoms. The van der Waals surface area contributed by atoms with Crippen LogP contribution in [0.2, 0.25) is 0 Å². The van der Waals surface area contributed by atoms with E-state index in [0.717, 1.165) is 30.2 Å². The Morgan fingerprint density at radius 2 is 2.03 bits per heavy atom. The van der Waals surface area contributed by atoms with Gasteiger partial charge in [0.1, 0.15) is 18.2 Å². The van der Waals surface area contributed by atoms with Gasteiger partial charge in [-0.3, -0.25) is 9.52 Å². The molecule has 3 heterocycles. The van der Waals surface area contributed by atoms with Crippen molar-refractivity contribution in [2.75, 3.05) is 22.7 Å². The van der Waals surface area contributed by atoms with Gasteiger partial charge < -0.3 is 14.8 Å². The van der Waals surface area contributed by atoms with Crippen LogP contribution in [0.4, 0.5) is 15.2 Å². The van der Waals surface area contributed by atoms with Crippen LogP contribution in [0.5, 0.6) is 0 Å². The lowest BCUT2D eigenvalue weighted by atomic mass is 10.2. The summed E-state index contributed by atoms with van der Waals surface area (Å²) in [5.74, 6) is -0.446. The van der Waals surface area contributed by atoms with E-state index in [9.17, 15) is 17.6 Å². The molecule has 0 radical (unpaired) electrons. The van der Waals surface area contributed by atoms with Crippen molar-refractivity contribution in [3.05, 3.63) is 66.9 Å². The maximum absolute atomic E-state index is 14.0. The van der Waals surface area contributed by atoms with Gasteiger partial charge in [0.25, 0.3) is 10.0 Å². The number of amides is 1. The first kappa shape index (κ1) is 23.2. The lowest BCUT2D eigenvalue weighted by Gasteiger charge is -2.21. The Morgan fingerprint density at radius 1 is 1.23 bits per heavy atom. The number of nitrogens with zero attached hydrogens (tertiary/aromatic N) is 4. The van der Waals surface area contributed by atoms with Crippen molar-refractivity contribution in [3.8, 4) is 0 Å². The molecule has 2 N–H and O–H groups in total. The number of fused-ring (bicyclic) bond motifs is 1. The SMILES string of the molecule is C[C@@H](C(=O)N[C@H]1CCN(c2ccc(S(=O)(=O)Nc3ncns3)cc2)C1)n1ccc2c(F)cccc21.[HH].[HH]. The molecule has 4 aromatic rings. The molecule has 0 unspecified atom stereocenters. The molecule has 2 aromatic carbocycles. The standard InChI is InChI=1S/C23H23FN6O3S2.2H2/c1-15(30-12-10-19-20(24)3-2-4-21(19)30)22(31)27-16-9-11-29(13-16)17-5-7-18(8-6-17)35(32,33)28-23-25-14-26-34-23;;/h2-8,10,12,14-16H,9,11,13H2,1H3,(H,27,31)(H,25,26,28);2*1H/t15-,16-;;/m0../s1. The van der Waals surface area contributed by atoms with Crippen LogP contribution in [0.25, 0.3) is 10.9 Å². The third-order valence-corrected chi connectivity index (χ3v) is 8.20. The highest BCUT2D eigenvalue weighted by molar-refractivity contribution is 7.93. The highest BCUT2D eigenvalue weighted by Gasteiger charge is 2.27. The summed E-state index contributed by atoms with van der Waals surface area (Å²) in [7, 11) is -3.74. The van der Waals surface area contributed by atoms with Crippen molar-refractivity contribution in [1.29, 1.82) is 0 Å². The van der Waals surface area contributed by atoms with Gasteiger partial charge in [0.2, 0.25) is 11.0 Å². The average molecular weight is 519 g/mol. The minimum atomic E-state index is -3.74. The molecule has 35 heavy (non-hydrogen) atoms. The molecule has 1 saturated heterocycles. The second kappa shape index (κ2) is 9.27. The number of sulfonamides is 1. The van der Waals surface area contributed by atoms with E-state index in [0.29, 0.717) is 17.4 Å². The second-order valence-corrected chi connectivity index (χ2v) is 10.8. The topological polar surface area (TPSA) is 109 Å². The fourth-order valence-electron chi connectivity index (χ4n) is 4.28. The van der Waals surface area contributed by atoms with E-state index >= 15 is 0 Å². The molecule has 1 aliphatic rings. The summed E-state index contributed by atoms with van der Waals surface area (Å²) in [4.78, 5) is 19.0. The average Bonchev–Trinajstić information content (AvgIpc) is 3.60. The van der Waals surface area contributed by atoms with Gasteiger partial charge in [-0.05, 0) is 55.8 Å². The lowest BCUT2D eigenvalue weighted by molar-refractivity contribution is -0.124. The zero-order valence-electron chi connectivity index (χ0n) is 18.8. The highest BCUT2D eigenvalue weighted by atomic mass is 32.2. The van der Waals surface area contributed by atoms with E-state index < -0.39 is 16.1 Å². The number of anilines is 2. The van der Waals surface area contributed by atoms with Crippen LogP contribution >= 0.6 is 11.5 Å². The van der Waals surface area contributed by atoms with E-state index in [1.54, 1.807) is 60.2 Å². The molecule has 2 atom stereocenters. The van der Waals surface area contributed by atoms with Gasteiger partial charge in [-0.1, -0.05) is 6.07 Å². The summed E-state index contributed by atoms with van der Waals surface area (Å²) in [5, 5.41) is 3.79. The summed E-state index contributed by atoms with van der Waals surface area (Å²) in [6, 6.07) is 12.6. The summed E-state index contributed by atoms with van der Waals surface area (Å²) in [5.41, 5.74) is 1.55. The van der Waals surface area contributed by atoms with Crippen molar-refractivity contribution >= 4 is 49.2 Å². The molecule has 0 bridgehead atoms. The third-order valence-electron chi connectivity index (χ3n) is 6.14. The van der Waals surface area contributed by atoms with Gasteiger partial charge in [0, 0.05) is 50.8 Å². The summed E-state index contributed by atoms with van der Waals surface area (Å²) < 4.78 is 47.0. The number of halogens is 1. The number of aromatic nitrogens is 3. The molecule has 1 amide bonds. The van der Waals surface area contributed by atoms with Gasteiger partial charge in [0.05, 0.1) is 10.4 Å². The zero-order chi connectivity index (χ0) is 24.6. The van der Waals surface area contributed by atoms with Crippen LogP contribution < -0.4 is 14.9 Å². The van der Waals surface area contributed by atoms with Gasteiger partial charge in [-0.25, -0.2) is 17.8 Å². The van der Waals surface area contributed by atoms with E-state index in [-0.39, 0.29) is 30.6 Å². The van der Waals surface area contributed by atoms with Crippen LogP contribution in [0, 0.1) is 5.82 Å². The van der Waals surface area contributed by atoms with Crippen molar-refractivity contribution in [2.45, 2.75) is 30.3 Å². The summed E-state index contributed by atoms with van der Waals surface area (Å²) in [6.07, 6.45) is 3.78. The molecule has 9 nitrogen and oxygen atoms in total. The summed E-state index contributed by atoms with van der Waals surface area (Å²) in [6.45, 7) is 3.13. The van der Waals surface area contributed by atoms with Crippen LogP contribution in [-0.4, -0.2) is 47.4 Å². The number of benzene rings is 2. The van der Waals surface area contributed by atoms with Crippen molar-refractivity contribution in [3.63, 3.8) is 0 Å². The molecule has 1 fully saturated rings. The van der Waals surface area contributed by atoms with E-state index in [1.807, 2.05) is 0 Å². The molecule has 0 spiro atoms. The minimum absolute atomic E-state index is 0. The zero-order valence-corrected chi connectivity index (χ0v) is 20.4. The largest absolute Gasteiger partial charge is 0.369 e. The van der Waals surface area contributed by atoms with Crippen molar-refractivity contribution in [1.82, 2.24) is 19.2 Å². The number of carbonyl (C=O) groups is 1. The van der Waals surface area contributed by atoms with Gasteiger partial charge >= 0.3 is 0 Å². The predicted molar refractivity (Wildman–Crippen MR) is 137 cm³/mol. The quantitative estimate of drug-likeness (QED) is 0.384. The molecular formula is C23H27FN6O3S2. The smallest absolute Gasteiger partial charge is 0.263 e. The Bertz CT molecular complexity index is 1470. The Morgan fingerprint density at radius 3 is 2.77 bits per heavy atom. The molecule has 1 aliphatic heterocycles. The Kier molecular flexibility index (Phi) is 6.15. The number of nitrogens with one attached hydrogen (secondary N) is 2. The maximum Gasteiger partial charge on any atom is 0.263 e. The minimum Gasteiger partial charge on any atom is -0.369 e. The lowest BCUT2D eigenvalue weighted by Crippen LogP contribution is -2.40. The van der Waals surface area contributed by atoms with E-state index in [2.05, 4.69) is 24.3 Å². The molecule has 0 aliphatic carbocycles. The first-order valence-electron chi connectivity index (χ1n) is 11.0. The maximum atomic E-state index is 14.0. The monoisotopic (exact) mass is 518 g/mol. The van der Waals surface area contributed by atoms with Crippen molar-refractivity contribution < 1.29 is 20.5 Å². The number of carbonyl (C=O) groups excluding carboxylic acids is 1. The van der Waals surface area contributed by atoms with Crippen LogP contribution in [-0.2, 0) is 14.8 Å². The fourth-order valence-corrected chi connectivity index (χ4v) is 5.94. The molecule has 186 valence electrons. The van der Waals surface area contributed by atoms with E-state index in [1.165, 1.54) is 12.4 Å². The Hall–Kier alpha value is -3.51. The highest BCUT2D eigenvalue weighted by Crippen LogP contribution is 2.25. The van der Waals surface area contributed by atoms with Gasteiger partial charge in [-0.2, -0.15) is 4.37 Å². The number of hydrogen-bond acceptors (Lipinski definition) is 7. The van der Waals surface area contributed by atoms with Gasteiger partial charge in [-0.15, -0.1) is 0 Å². The first-order valence-corrected chi connectivity index (χ1v) is 13.3. The molecular weight excluding hydrogens is 491 g/mol. The summed E-state index contributed by atoms with van der Waals surface area (Å²) >= 11 is 0.963. The molecule has 0 saturated carbocycles. The fraction of sp³-hybridized carbons (Fsp3) is 0.261. The van der Waals surface area contributed by atoms with Crippen LogP contribution in [0.15, 0.2) is 66.0 Å². The van der Waals surface area contributed by atoms with Gasteiger partial charge in [0.15, 0.2) is 0 Å². The van der Waals surface area contributed by atoms with Crippen molar-refractivity contribution in [2.24, 2.45) is 0 Å².